The molecule has 1 saturated heterocycles. The highest BCUT2D eigenvalue weighted by Gasteiger charge is 2.36. The summed E-state index contributed by atoms with van der Waals surface area (Å²) in [5.74, 6) is -0.507. The quantitative estimate of drug-likeness (QED) is 0.922. The second-order valence-electron chi connectivity index (χ2n) is 5.32. The molecule has 1 fully saturated rings. The van der Waals surface area contributed by atoms with E-state index in [9.17, 15) is 9.59 Å². The number of rotatable bonds is 4. The van der Waals surface area contributed by atoms with Crippen molar-refractivity contribution in [1.29, 1.82) is 0 Å². The van der Waals surface area contributed by atoms with Gasteiger partial charge in [0, 0.05) is 24.0 Å². The molecule has 0 bridgehead atoms. The number of anilines is 1. The van der Waals surface area contributed by atoms with Gasteiger partial charge in [0.25, 0.3) is 0 Å². The molecule has 2 unspecified atom stereocenters. The third-order valence-corrected chi connectivity index (χ3v) is 4.24. The van der Waals surface area contributed by atoms with Crippen LogP contribution in [0.25, 0.3) is 0 Å². The molecule has 1 N–H and O–H groups in total. The van der Waals surface area contributed by atoms with Crippen molar-refractivity contribution in [3.63, 3.8) is 0 Å². The van der Waals surface area contributed by atoms with Crippen molar-refractivity contribution in [2.75, 3.05) is 11.4 Å². The first-order valence-corrected chi connectivity index (χ1v) is 7.73. The second kappa shape index (κ2) is 6.67. The molecular weight excluding hydrogens is 311 g/mol. The highest BCUT2D eigenvalue weighted by molar-refractivity contribution is 6.36. The van der Waals surface area contributed by atoms with Gasteiger partial charge in [-0.3, -0.25) is 9.59 Å². The largest absolute Gasteiger partial charge is 0.353 e. The smallest absolute Gasteiger partial charge is 0.227 e. The monoisotopic (exact) mass is 328 g/mol. The minimum Gasteiger partial charge on any atom is -0.353 e. The maximum Gasteiger partial charge on any atom is 0.227 e. The van der Waals surface area contributed by atoms with E-state index < -0.39 is 0 Å². The van der Waals surface area contributed by atoms with Crippen LogP contribution in [0.3, 0.4) is 0 Å². The van der Waals surface area contributed by atoms with Crippen LogP contribution in [0.15, 0.2) is 18.2 Å². The fraction of sp³-hybridized carbons (Fsp3) is 0.467. The molecule has 114 valence electrons. The maximum absolute atomic E-state index is 12.1. The molecule has 1 aromatic rings. The average molecular weight is 329 g/mol. The summed E-state index contributed by atoms with van der Waals surface area (Å²) in [5.41, 5.74) is 0.602. The number of amides is 2. The Morgan fingerprint density at radius 1 is 1.48 bits per heavy atom. The van der Waals surface area contributed by atoms with Crippen LogP contribution < -0.4 is 10.2 Å². The van der Waals surface area contributed by atoms with Gasteiger partial charge < -0.3 is 10.2 Å². The average Bonchev–Trinajstić information content (AvgIpc) is 2.80. The summed E-state index contributed by atoms with van der Waals surface area (Å²) >= 11 is 12.0. The molecule has 1 aliphatic rings. The van der Waals surface area contributed by atoms with Gasteiger partial charge in [-0.2, -0.15) is 0 Å². The topological polar surface area (TPSA) is 49.4 Å². The van der Waals surface area contributed by atoms with Crippen molar-refractivity contribution in [1.82, 2.24) is 5.32 Å². The van der Waals surface area contributed by atoms with Crippen LogP contribution in [0, 0.1) is 5.92 Å². The van der Waals surface area contributed by atoms with Crippen LogP contribution in [-0.2, 0) is 9.59 Å². The summed E-state index contributed by atoms with van der Waals surface area (Å²) in [5, 5.41) is 3.85. The van der Waals surface area contributed by atoms with E-state index >= 15 is 0 Å². The molecule has 2 amide bonds. The van der Waals surface area contributed by atoms with Gasteiger partial charge in [-0.15, -0.1) is 0 Å². The first-order valence-electron chi connectivity index (χ1n) is 6.98. The van der Waals surface area contributed by atoms with Gasteiger partial charge in [0.15, 0.2) is 0 Å². The van der Waals surface area contributed by atoms with Crippen LogP contribution in [0.1, 0.15) is 26.7 Å². The van der Waals surface area contributed by atoms with Crippen LogP contribution in [0.2, 0.25) is 10.0 Å². The highest BCUT2D eigenvalue weighted by atomic mass is 35.5. The van der Waals surface area contributed by atoms with Crippen LogP contribution in [0.5, 0.6) is 0 Å². The van der Waals surface area contributed by atoms with Crippen molar-refractivity contribution in [2.45, 2.75) is 32.7 Å². The number of hydrogen-bond acceptors (Lipinski definition) is 2. The Kier molecular flexibility index (Phi) is 5.12. The standard InChI is InChI=1S/C15H18Cl2N2O2/c1-3-9(2)18-15(21)10-6-14(20)19(8-10)13-5-4-11(16)7-12(13)17/h4-5,7,9-10H,3,6,8H2,1-2H3,(H,18,21). The molecule has 0 aliphatic carbocycles. The third kappa shape index (κ3) is 3.69. The van der Waals surface area contributed by atoms with E-state index in [0.29, 0.717) is 22.3 Å². The van der Waals surface area contributed by atoms with Crippen molar-refractivity contribution in [3.8, 4) is 0 Å². The minimum absolute atomic E-state index is 0.0784. The predicted octanol–water partition coefficient (Wildman–Crippen LogP) is 3.26. The number of halogens is 2. The van der Waals surface area contributed by atoms with Crippen LogP contribution in [-0.4, -0.2) is 24.4 Å². The fourth-order valence-corrected chi connectivity index (χ4v) is 2.79. The van der Waals surface area contributed by atoms with Gasteiger partial charge in [0.1, 0.15) is 0 Å². The first kappa shape index (κ1) is 16.1. The molecule has 0 aromatic heterocycles. The van der Waals surface area contributed by atoms with E-state index in [1.54, 1.807) is 23.1 Å². The highest BCUT2D eigenvalue weighted by Crippen LogP contribution is 2.33. The summed E-state index contributed by atoms with van der Waals surface area (Å²) in [6, 6.07) is 5.10. The van der Waals surface area contributed by atoms with E-state index in [0.717, 1.165) is 6.42 Å². The fourth-order valence-electron chi connectivity index (χ4n) is 2.28. The third-order valence-electron chi connectivity index (χ3n) is 3.70. The lowest BCUT2D eigenvalue weighted by atomic mass is 10.1. The summed E-state index contributed by atoms with van der Waals surface area (Å²) in [7, 11) is 0. The van der Waals surface area contributed by atoms with Crippen molar-refractivity contribution >= 4 is 40.7 Å². The summed E-state index contributed by atoms with van der Waals surface area (Å²) in [6.07, 6.45) is 1.07. The van der Waals surface area contributed by atoms with E-state index in [1.165, 1.54) is 0 Å². The molecule has 2 rings (SSSR count). The molecule has 1 aromatic carbocycles. The lowest BCUT2D eigenvalue weighted by Gasteiger charge is -2.19. The van der Waals surface area contributed by atoms with Gasteiger partial charge in [-0.05, 0) is 31.5 Å². The molecule has 6 heteroatoms. The Bertz CT molecular complexity index is 563. The van der Waals surface area contributed by atoms with Gasteiger partial charge >= 0.3 is 0 Å². The molecule has 0 saturated carbocycles. The van der Waals surface area contributed by atoms with Crippen molar-refractivity contribution in [2.24, 2.45) is 5.92 Å². The van der Waals surface area contributed by atoms with Gasteiger partial charge in [0.2, 0.25) is 11.8 Å². The Hall–Kier alpha value is -1.26. The molecule has 4 nitrogen and oxygen atoms in total. The minimum atomic E-state index is -0.335. The van der Waals surface area contributed by atoms with Crippen molar-refractivity contribution in [3.05, 3.63) is 28.2 Å². The number of nitrogens with zero attached hydrogens (tertiary/aromatic N) is 1. The first-order chi connectivity index (χ1) is 9.92. The molecule has 0 spiro atoms. The normalized spacial score (nSPS) is 19.7. The van der Waals surface area contributed by atoms with Crippen LogP contribution >= 0.6 is 23.2 Å². The van der Waals surface area contributed by atoms with Gasteiger partial charge in [-0.25, -0.2) is 0 Å². The van der Waals surface area contributed by atoms with E-state index in [2.05, 4.69) is 5.32 Å². The van der Waals surface area contributed by atoms with E-state index in [1.807, 2.05) is 13.8 Å². The zero-order valence-corrected chi connectivity index (χ0v) is 13.5. The Balaban J connectivity index is 2.11. The second-order valence-corrected chi connectivity index (χ2v) is 6.16. The number of carbonyl (C=O) groups excluding carboxylic acids is 2. The summed E-state index contributed by atoms with van der Waals surface area (Å²) < 4.78 is 0. The number of hydrogen-bond donors (Lipinski definition) is 1. The van der Waals surface area contributed by atoms with Crippen LogP contribution in [0.4, 0.5) is 5.69 Å². The Morgan fingerprint density at radius 2 is 2.19 bits per heavy atom. The number of carbonyl (C=O) groups is 2. The molecular formula is C15H18Cl2N2O2. The summed E-state index contributed by atoms with van der Waals surface area (Å²) in [4.78, 5) is 25.8. The van der Waals surface area contributed by atoms with Gasteiger partial charge in [-0.1, -0.05) is 30.1 Å². The molecule has 21 heavy (non-hydrogen) atoms. The number of nitrogens with one attached hydrogen (secondary N) is 1. The summed E-state index contributed by atoms with van der Waals surface area (Å²) in [6.45, 7) is 4.30. The lowest BCUT2D eigenvalue weighted by molar-refractivity contribution is -0.126. The van der Waals surface area contributed by atoms with E-state index in [4.69, 9.17) is 23.2 Å². The molecule has 2 atom stereocenters. The van der Waals surface area contributed by atoms with E-state index in [-0.39, 0.29) is 30.2 Å². The van der Waals surface area contributed by atoms with Crippen molar-refractivity contribution < 1.29 is 9.59 Å². The Morgan fingerprint density at radius 3 is 2.81 bits per heavy atom. The zero-order valence-electron chi connectivity index (χ0n) is 12.0. The number of benzene rings is 1. The zero-order chi connectivity index (χ0) is 15.6. The predicted molar refractivity (Wildman–Crippen MR) is 84.8 cm³/mol. The molecule has 1 heterocycles. The molecule has 0 radical (unpaired) electrons. The van der Waals surface area contributed by atoms with Gasteiger partial charge in [0.05, 0.1) is 16.6 Å². The SMILES string of the molecule is CCC(C)NC(=O)C1CC(=O)N(c2ccc(Cl)cc2Cl)C1. The maximum atomic E-state index is 12.1. The molecule has 1 aliphatic heterocycles. The Labute approximate surface area is 134 Å². The lowest BCUT2D eigenvalue weighted by Crippen LogP contribution is -2.38.